The highest BCUT2D eigenvalue weighted by Crippen LogP contribution is 2.36. The summed E-state index contributed by atoms with van der Waals surface area (Å²) < 4.78 is 38.6. The smallest absolute Gasteiger partial charge is 0.338 e. The number of hydrogen-bond acceptors (Lipinski definition) is 3. The van der Waals surface area contributed by atoms with Gasteiger partial charge in [0, 0.05) is 38.4 Å². The second-order valence-corrected chi connectivity index (χ2v) is 6.25. The summed E-state index contributed by atoms with van der Waals surface area (Å²) >= 11 is 5.56. The number of anilines is 1. The van der Waals surface area contributed by atoms with Crippen LogP contribution in [0.3, 0.4) is 0 Å². The van der Waals surface area contributed by atoms with Crippen LogP contribution in [0.1, 0.15) is 12.5 Å². The van der Waals surface area contributed by atoms with Gasteiger partial charge < -0.3 is 15.5 Å². The molecule has 1 aromatic rings. The Morgan fingerprint density at radius 2 is 1.85 bits per heavy atom. The van der Waals surface area contributed by atoms with Crippen molar-refractivity contribution in [2.24, 2.45) is 0 Å². The lowest BCUT2D eigenvalue weighted by Crippen LogP contribution is -2.53. The van der Waals surface area contributed by atoms with E-state index in [1.807, 2.05) is 11.8 Å². The Labute approximate surface area is 154 Å². The van der Waals surface area contributed by atoms with Crippen LogP contribution in [0.4, 0.5) is 23.7 Å². The van der Waals surface area contributed by atoms with Gasteiger partial charge in [-0.25, -0.2) is 4.79 Å². The Morgan fingerprint density at radius 3 is 2.42 bits per heavy atom. The monoisotopic (exact) mass is 392 g/mol. The summed E-state index contributed by atoms with van der Waals surface area (Å²) in [5.41, 5.74) is -0.958. The maximum Gasteiger partial charge on any atom is 0.417 e. The van der Waals surface area contributed by atoms with Crippen molar-refractivity contribution >= 4 is 29.2 Å². The second kappa shape index (κ2) is 8.59. The summed E-state index contributed by atoms with van der Waals surface area (Å²) in [5.74, 6) is -0.424. The van der Waals surface area contributed by atoms with Gasteiger partial charge in [-0.05, 0) is 25.1 Å². The third-order valence-electron chi connectivity index (χ3n) is 3.91. The zero-order valence-electron chi connectivity index (χ0n) is 14.2. The average molecular weight is 393 g/mol. The predicted molar refractivity (Wildman–Crippen MR) is 92.2 cm³/mol. The number of hydrogen-bond donors (Lipinski definition) is 2. The molecule has 2 rings (SSSR count). The summed E-state index contributed by atoms with van der Waals surface area (Å²) in [6, 6.07) is 3.10. The van der Waals surface area contributed by atoms with Crippen LogP contribution in [0.15, 0.2) is 18.2 Å². The molecule has 0 unspecified atom stereocenters. The summed E-state index contributed by atoms with van der Waals surface area (Å²) in [5, 5.41) is 4.74. The van der Waals surface area contributed by atoms with Crippen molar-refractivity contribution in [1.29, 1.82) is 0 Å². The molecular formula is C16H20ClF3N4O2. The van der Waals surface area contributed by atoms with Crippen LogP contribution in [0.5, 0.6) is 0 Å². The highest BCUT2D eigenvalue weighted by atomic mass is 35.5. The normalized spacial score (nSPS) is 15.7. The highest BCUT2D eigenvalue weighted by Gasteiger charge is 2.33. The number of carbonyl (C=O) groups excluding carboxylic acids is 2. The number of halogens is 4. The molecule has 1 saturated heterocycles. The Morgan fingerprint density at radius 1 is 1.19 bits per heavy atom. The summed E-state index contributed by atoms with van der Waals surface area (Å²) in [6.07, 6.45) is -4.59. The van der Waals surface area contributed by atoms with Gasteiger partial charge in [0.2, 0.25) is 5.91 Å². The molecule has 0 radical (unpaired) electrons. The SMILES string of the molecule is CCNC(=O)N1CCN(CC(=O)Nc2ccc(Cl)c(C(F)(F)F)c2)CC1. The summed E-state index contributed by atoms with van der Waals surface area (Å²) in [6.45, 7) is 4.41. The largest absolute Gasteiger partial charge is 0.417 e. The van der Waals surface area contributed by atoms with E-state index in [9.17, 15) is 22.8 Å². The number of carbonyl (C=O) groups is 2. The van der Waals surface area contributed by atoms with E-state index in [-0.39, 0.29) is 18.3 Å². The van der Waals surface area contributed by atoms with Gasteiger partial charge in [-0.2, -0.15) is 13.2 Å². The molecule has 0 aromatic heterocycles. The molecule has 6 nitrogen and oxygen atoms in total. The van der Waals surface area contributed by atoms with E-state index < -0.39 is 22.7 Å². The van der Waals surface area contributed by atoms with Gasteiger partial charge in [0.15, 0.2) is 0 Å². The van der Waals surface area contributed by atoms with Gasteiger partial charge in [-0.15, -0.1) is 0 Å². The fourth-order valence-corrected chi connectivity index (χ4v) is 2.82. The molecule has 0 saturated carbocycles. The standard InChI is InChI=1S/C16H20ClF3N4O2/c1-2-21-15(26)24-7-5-23(6-8-24)10-14(25)22-11-3-4-13(17)12(9-11)16(18,19)20/h3-4,9H,2,5-8,10H2,1H3,(H,21,26)(H,22,25). The van der Waals surface area contributed by atoms with Crippen LogP contribution in [0.2, 0.25) is 5.02 Å². The van der Waals surface area contributed by atoms with Crippen molar-refractivity contribution < 1.29 is 22.8 Å². The minimum Gasteiger partial charge on any atom is -0.338 e. The zero-order chi connectivity index (χ0) is 19.3. The Balaban J connectivity index is 1.87. The molecule has 26 heavy (non-hydrogen) atoms. The average Bonchev–Trinajstić information content (AvgIpc) is 2.56. The molecular weight excluding hydrogens is 373 g/mol. The van der Waals surface area contributed by atoms with Crippen molar-refractivity contribution in [3.05, 3.63) is 28.8 Å². The van der Waals surface area contributed by atoms with Gasteiger partial charge in [0.1, 0.15) is 0 Å². The fraction of sp³-hybridized carbons (Fsp3) is 0.500. The third-order valence-corrected chi connectivity index (χ3v) is 4.24. The number of urea groups is 1. The molecule has 1 fully saturated rings. The van der Waals surface area contributed by atoms with Crippen molar-refractivity contribution in [3.63, 3.8) is 0 Å². The maximum atomic E-state index is 12.9. The fourth-order valence-electron chi connectivity index (χ4n) is 2.60. The van der Waals surface area contributed by atoms with E-state index in [1.165, 1.54) is 6.07 Å². The van der Waals surface area contributed by atoms with Crippen LogP contribution in [-0.2, 0) is 11.0 Å². The molecule has 10 heteroatoms. The molecule has 144 valence electrons. The number of benzene rings is 1. The number of nitrogens with zero attached hydrogens (tertiary/aromatic N) is 2. The molecule has 0 spiro atoms. The molecule has 1 heterocycles. The molecule has 1 aliphatic rings. The third kappa shape index (κ3) is 5.50. The van der Waals surface area contributed by atoms with Crippen molar-refractivity contribution in [2.75, 3.05) is 44.6 Å². The maximum absolute atomic E-state index is 12.9. The first-order valence-electron chi connectivity index (χ1n) is 8.12. The number of nitrogens with one attached hydrogen (secondary N) is 2. The molecule has 0 aliphatic carbocycles. The molecule has 2 N–H and O–H groups in total. The number of rotatable bonds is 4. The molecule has 1 aliphatic heterocycles. The number of amides is 3. The van der Waals surface area contributed by atoms with Gasteiger partial charge in [-0.3, -0.25) is 9.69 Å². The van der Waals surface area contributed by atoms with Crippen molar-refractivity contribution in [3.8, 4) is 0 Å². The number of piperazine rings is 1. The first-order valence-corrected chi connectivity index (χ1v) is 8.50. The second-order valence-electron chi connectivity index (χ2n) is 5.84. The minimum atomic E-state index is -4.59. The van der Waals surface area contributed by atoms with Gasteiger partial charge >= 0.3 is 12.2 Å². The number of alkyl halides is 3. The van der Waals surface area contributed by atoms with Gasteiger partial charge in [-0.1, -0.05) is 11.6 Å². The van der Waals surface area contributed by atoms with E-state index in [1.54, 1.807) is 4.90 Å². The lowest BCUT2D eigenvalue weighted by atomic mass is 10.2. The minimum absolute atomic E-state index is 0.0349. The lowest BCUT2D eigenvalue weighted by molar-refractivity contribution is -0.137. The molecule has 3 amide bonds. The Bertz CT molecular complexity index is 661. The lowest BCUT2D eigenvalue weighted by Gasteiger charge is -2.34. The van der Waals surface area contributed by atoms with Crippen molar-refractivity contribution in [2.45, 2.75) is 13.1 Å². The van der Waals surface area contributed by atoms with Crippen molar-refractivity contribution in [1.82, 2.24) is 15.1 Å². The van der Waals surface area contributed by atoms with E-state index in [4.69, 9.17) is 11.6 Å². The van der Waals surface area contributed by atoms with E-state index >= 15 is 0 Å². The van der Waals surface area contributed by atoms with Gasteiger partial charge in [0.25, 0.3) is 0 Å². The predicted octanol–water partition coefficient (Wildman–Crippen LogP) is 2.64. The van der Waals surface area contributed by atoms with E-state index in [0.29, 0.717) is 32.7 Å². The molecule has 1 aromatic carbocycles. The molecule has 0 bridgehead atoms. The van der Waals surface area contributed by atoms with Gasteiger partial charge in [0.05, 0.1) is 17.1 Å². The van der Waals surface area contributed by atoms with Crippen LogP contribution in [0, 0.1) is 0 Å². The van der Waals surface area contributed by atoms with Crippen LogP contribution in [-0.4, -0.2) is 61.0 Å². The first kappa shape index (κ1) is 20.3. The Kier molecular flexibility index (Phi) is 6.71. The van der Waals surface area contributed by atoms with Crippen LogP contribution >= 0.6 is 11.6 Å². The quantitative estimate of drug-likeness (QED) is 0.828. The summed E-state index contributed by atoms with van der Waals surface area (Å²) in [7, 11) is 0. The highest BCUT2D eigenvalue weighted by molar-refractivity contribution is 6.31. The Hall–Kier alpha value is -2.00. The summed E-state index contributed by atoms with van der Waals surface area (Å²) in [4.78, 5) is 27.3. The first-order chi connectivity index (χ1) is 12.2. The van der Waals surface area contributed by atoms with Crippen LogP contribution < -0.4 is 10.6 Å². The molecule has 0 atom stereocenters. The topological polar surface area (TPSA) is 64.7 Å². The zero-order valence-corrected chi connectivity index (χ0v) is 15.0. The van der Waals surface area contributed by atoms with E-state index in [0.717, 1.165) is 12.1 Å². The van der Waals surface area contributed by atoms with Crippen LogP contribution in [0.25, 0.3) is 0 Å². The van der Waals surface area contributed by atoms with E-state index in [2.05, 4.69) is 10.6 Å².